The normalized spacial score (nSPS) is 17.0. The number of halogens is 3. The van der Waals surface area contributed by atoms with E-state index >= 15 is 0 Å². The van der Waals surface area contributed by atoms with Crippen LogP contribution in [0.3, 0.4) is 0 Å². The Hall–Kier alpha value is -3.03. The largest absolute Gasteiger partial charge is 0.493 e. The fraction of sp³-hybridized carbons (Fsp3) is 0.300. The van der Waals surface area contributed by atoms with Gasteiger partial charge >= 0.3 is 6.18 Å². The van der Waals surface area contributed by atoms with Gasteiger partial charge in [0.25, 0.3) is 5.91 Å². The zero-order valence-electron chi connectivity index (χ0n) is 15.8. The van der Waals surface area contributed by atoms with Gasteiger partial charge in [0, 0.05) is 24.2 Å². The van der Waals surface area contributed by atoms with Gasteiger partial charge in [-0.25, -0.2) is 0 Å². The molecule has 28 heavy (non-hydrogen) atoms. The van der Waals surface area contributed by atoms with Gasteiger partial charge in [0.15, 0.2) is 11.5 Å². The summed E-state index contributed by atoms with van der Waals surface area (Å²) in [6.07, 6.45) is -4.49. The molecule has 3 rings (SSSR count). The number of hydrogen-bond donors (Lipinski definition) is 0. The van der Waals surface area contributed by atoms with Gasteiger partial charge in [-0.15, -0.1) is 0 Å². The molecule has 1 aliphatic heterocycles. The number of carbonyl (C=O) groups is 1. The first kappa shape index (κ1) is 19.7. The van der Waals surface area contributed by atoms with Crippen LogP contribution in [0, 0.1) is 0 Å². The van der Waals surface area contributed by atoms with Crippen LogP contribution >= 0.6 is 0 Å². The van der Waals surface area contributed by atoms with Gasteiger partial charge in [-0.1, -0.05) is 12.1 Å². The molecule has 5 nitrogen and oxygen atoms in total. The second kappa shape index (κ2) is 7.18. The summed E-state index contributed by atoms with van der Waals surface area (Å²) in [6, 6.07) is 7.36. The Morgan fingerprint density at radius 2 is 1.71 bits per heavy atom. The Morgan fingerprint density at radius 3 is 2.32 bits per heavy atom. The van der Waals surface area contributed by atoms with E-state index in [1.165, 1.54) is 31.3 Å². The summed E-state index contributed by atoms with van der Waals surface area (Å²) in [5, 5.41) is 0. The number of aliphatic imine (C=N–C) groups is 1. The van der Waals surface area contributed by atoms with Crippen LogP contribution < -0.4 is 14.4 Å². The number of rotatable bonds is 3. The predicted molar refractivity (Wildman–Crippen MR) is 99.5 cm³/mol. The molecule has 148 valence electrons. The van der Waals surface area contributed by atoms with E-state index in [1.807, 2.05) is 0 Å². The third-order valence-corrected chi connectivity index (χ3v) is 4.59. The molecule has 1 atom stereocenters. The molecule has 2 aromatic carbocycles. The molecule has 0 radical (unpaired) electrons. The summed E-state index contributed by atoms with van der Waals surface area (Å²) in [5.41, 5.74) is 0.720. The van der Waals surface area contributed by atoms with Crippen LogP contribution in [0.4, 0.5) is 18.9 Å². The lowest BCUT2D eigenvalue weighted by atomic mass is 9.98. The Morgan fingerprint density at radius 1 is 1.07 bits per heavy atom. The molecular weight excluding hydrogens is 373 g/mol. The van der Waals surface area contributed by atoms with Crippen LogP contribution in [0.1, 0.15) is 23.6 Å². The molecular formula is C20H19F3N2O3. The highest BCUT2D eigenvalue weighted by atomic mass is 19.4. The summed E-state index contributed by atoms with van der Waals surface area (Å²) in [4.78, 5) is 18.5. The van der Waals surface area contributed by atoms with E-state index in [2.05, 4.69) is 4.99 Å². The van der Waals surface area contributed by atoms with Gasteiger partial charge in [0.2, 0.25) is 0 Å². The number of nitrogens with zero attached hydrogens (tertiary/aromatic N) is 2. The molecule has 0 N–H and O–H groups in total. The van der Waals surface area contributed by atoms with Crippen LogP contribution in [0.15, 0.2) is 41.4 Å². The average molecular weight is 392 g/mol. The minimum atomic E-state index is -4.49. The van der Waals surface area contributed by atoms with E-state index in [1.54, 1.807) is 26.1 Å². The smallest absolute Gasteiger partial charge is 0.416 e. The van der Waals surface area contributed by atoms with Crippen molar-refractivity contribution in [2.24, 2.45) is 4.99 Å². The van der Waals surface area contributed by atoms with E-state index in [-0.39, 0.29) is 17.2 Å². The SMILES string of the molecule is COc1cc2c(cc1OC)N(C)C(=O)C(C)N=C2c1cccc(C(F)(F)F)c1. The maximum Gasteiger partial charge on any atom is 0.416 e. The van der Waals surface area contributed by atoms with Gasteiger partial charge in [0.1, 0.15) is 6.04 Å². The predicted octanol–water partition coefficient (Wildman–Crippen LogP) is 3.92. The maximum absolute atomic E-state index is 13.2. The number of carbonyl (C=O) groups excluding carboxylic acids is 1. The van der Waals surface area contributed by atoms with E-state index in [0.717, 1.165) is 12.1 Å². The minimum absolute atomic E-state index is 0.262. The van der Waals surface area contributed by atoms with Crippen molar-refractivity contribution in [3.05, 3.63) is 53.1 Å². The zero-order chi connectivity index (χ0) is 20.6. The lowest BCUT2D eigenvalue weighted by molar-refractivity contribution is -0.137. The van der Waals surface area contributed by atoms with E-state index < -0.39 is 17.8 Å². The zero-order valence-corrected chi connectivity index (χ0v) is 15.8. The maximum atomic E-state index is 13.2. The van der Waals surface area contributed by atoms with Gasteiger partial charge in [-0.2, -0.15) is 13.2 Å². The minimum Gasteiger partial charge on any atom is -0.493 e. The lowest BCUT2D eigenvalue weighted by Gasteiger charge is -2.21. The third-order valence-electron chi connectivity index (χ3n) is 4.59. The van der Waals surface area contributed by atoms with Crippen molar-refractivity contribution in [1.29, 1.82) is 0 Å². The highest BCUT2D eigenvalue weighted by Gasteiger charge is 2.33. The number of alkyl halides is 3. The number of hydrogen-bond acceptors (Lipinski definition) is 4. The highest BCUT2D eigenvalue weighted by Crippen LogP contribution is 2.38. The number of likely N-dealkylation sites (N-methyl/N-ethyl adjacent to an activating group) is 1. The Balaban J connectivity index is 2.28. The number of benzene rings is 2. The Labute approximate surface area is 160 Å². The van der Waals surface area contributed by atoms with Crippen molar-refractivity contribution in [3.8, 4) is 11.5 Å². The highest BCUT2D eigenvalue weighted by molar-refractivity contribution is 6.20. The van der Waals surface area contributed by atoms with Gasteiger partial charge in [-0.3, -0.25) is 9.79 Å². The Kier molecular flexibility index (Phi) is 5.06. The van der Waals surface area contributed by atoms with Crippen LogP contribution in [0.5, 0.6) is 11.5 Å². The summed E-state index contributed by atoms with van der Waals surface area (Å²) in [6.45, 7) is 1.60. The molecule has 8 heteroatoms. The van der Waals surface area contributed by atoms with Crippen molar-refractivity contribution in [3.63, 3.8) is 0 Å². The Bertz CT molecular complexity index is 954. The van der Waals surface area contributed by atoms with Crippen molar-refractivity contribution >= 4 is 17.3 Å². The first-order valence-electron chi connectivity index (χ1n) is 8.46. The van der Waals surface area contributed by atoms with E-state index in [4.69, 9.17) is 9.47 Å². The summed E-state index contributed by atoms with van der Waals surface area (Å²) in [7, 11) is 4.51. The van der Waals surface area contributed by atoms with Crippen LogP contribution in [-0.2, 0) is 11.0 Å². The van der Waals surface area contributed by atoms with Crippen molar-refractivity contribution < 1.29 is 27.4 Å². The second-order valence-electron chi connectivity index (χ2n) is 6.35. The average Bonchev–Trinajstić information content (AvgIpc) is 2.77. The molecule has 0 saturated carbocycles. The molecule has 0 saturated heterocycles. The number of amides is 1. The molecule has 0 spiro atoms. The first-order chi connectivity index (χ1) is 13.2. The molecule has 2 aromatic rings. The number of anilines is 1. The monoisotopic (exact) mass is 392 g/mol. The molecule has 1 aliphatic rings. The number of fused-ring (bicyclic) bond motifs is 1. The third kappa shape index (κ3) is 3.42. The summed E-state index contributed by atoms with van der Waals surface area (Å²) < 4.78 is 50.2. The number of methoxy groups -OCH3 is 2. The van der Waals surface area contributed by atoms with E-state index in [9.17, 15) is 18.0 Å². The molecule has 1 unspecified atom stereocenters. The van der Waals surface area contributed by atoms with Crippen LogP contribution in [-0.4, -0.2) is 38.9 Å². The molecule has 0 aromatic heterocycles. The second-order valence-corrected chi connectivity index (χ2v) is 6.35. The molecule has 0 fully saturated rings. The van der Waals surface area contributed by atoms with Crippen molar-refractivity contribution in [1.82, 2.24) is 0 Å². The standard InChI is InChI=1S/C20H19F3N2O3/c1-11-19(26)25(2)15-10-17(28-4)16(27-3)9-14(15)18(24-11)12-6-5-7-13(8-12)20(21,22)23/h5-11H,1-4H3. The number of benzodiazepines with no additional fused rings is 1. The quantitative estimate of drug-likeness (QED) is 0.796. The van der Waals surface area contributed by atoms with E-state index in [0.29, 0.717) is 22.7 Å². The molecule has 0 bridgehead atoms. The molecule has 0 aliphatic carbocycles. The molecule has 1 amide bonds. The van der Waals surface area contributed by atoms with Crippen LogP contribution in [0.2, 0.25) is 0 Å². The number of ether oxygens (including phenoxy) is 2. The fourth-order valence-electron chi connectivity index (χ4n) is 3.13. The summed E-state index contributed by atoms with van der Waals surface area (Å²) >= 11 is 0. The molecule has 1 heterocycles. The van der Waals surface area contributed by atoms with Crippen molar-refractivity contribution in [2.45, 2.75) is 19.1 Å². The van der Waals surface area contributed by atoms with Gasteiger partial charge < -0.3 is 14.4 Å². The van der Waals surface area contributed by atoms with Gasteiger partial charge in [0.05, 0.1) is 31.2 Å². The first-order valence-corrected chi connectivity index (χ1v) is 8.46. The topological polar surface area (TPSA) is 51.1 Å². The summed E-state index contributed by atoms with van der Waals surface area (Å²) in [5.74, 6) is 0.505. The van der Waals surface area contributed by atoms with Crippen molar-refractivity contribution in [2.75, 3.05) is 26.2 Å². The lowest BCUT2D eigenvalue weighted by Crippen LogP contribution is -2.33. The fourth-order valence-corrected chi connectivity index (χ4v) is 3.13. The van der Waals surface area contributed by atoms with Crippen LogP contribution in [0.25, 0.3) is 0 Å². The van der Waals surface area contributed by atoms with Gasteiger partial charge in [-0.05, 0) is 25.1 Å².